The van der Waals surface area contributed by atoms with E-state index in [9.17, 15) is 4.79 Å². The maximum absolute atomic E-state index is 11.6. The van der Waals surface area contributed by atoms with Gasteiger partial charge in [0, 0.05) is 22.6 Å². The van der Waals surface area contributed by atoms with E-state index < -0.39 is 5.97 Å². The van der Waals surface area contributed by atoms with Crippen LogP contribution in [0.4, 0.5) is 5.69 Å². The van der Waals surface area contributed by atoms with Crippen LogP contribution in [0, 0.1) is 0 Å². The molecule has 0 unspecified atom stereocenters. The summed E-state index contributed by atoms with van der Waals surface area (Å²) in [6.07, 6.45) is 1.85. The molecule has 4 nitrogen and oxygen atoms in total. The molecule has 2 N–H and O–H groups in total. The molecule has 2 rings (SSSR count). The van der Waals surface area contributed by atoms with Gasteiger partial charge in [-0.25, -0.2) is 4.79 Å². The van der Waals surface area contributed by atoms with E-state index in [1.165, 1.54) is 7.11 Å². The molecule has 0 aliphatic heterocycles. The molecule has 1 aromatic carbocycles. The number of benzene rings is 1. The van der Waals surface area contributed by atoms with Gasteiger partial charge in [0.2, 0.25) is 0 Å². The molecule has 0 aliphatic rings. The van der Waals surface area contributed by atoms with E-state index in [0.717, 1.165) is 5.69 Å². The second-order valence-corrected chi connectivity index (χ2v) is 4.17. The number of halogens is 1. The SMILES string of the molecule is COC(=O)c1cc(Cl)ccc1NCc1ccc[nH]1. The molecule has 0 radical (unpaired) electrons. The number of aromatic nitrogens is 1. The number of carbonyl (C=O) groups is 1. The highest BCUT2D eigenvalue weighted by Gasteiger charge is 2.12. The number of nitrogens with one attached hydrogen (secondary N) is 2. The van der Waals surface area contributed by atoms with Gasteiger partial charge < -0.3 is 15.0 Å². The molecule has 0 amide bonds. The van der Waals surface area contributed by atoms with Crippen molar-refractivity contribution in [2.75, 3.05) is 12.4 Å². The van der Waals surface area contributed by atoms with Crippen molar-refractivity contribution in [2.45, 2.75) is 6.54 Å². The zero-order valence-corrected chi connectivity index (χ0v) is 10.6. The van der Waals surface area contributed by atoms with Crippen LogP contribution in [0.15, 0.2) is 36.5 Å². The Morgan fingerprint density at radius 3 is 2.94 bits per heavy atom. The van der Waals surface area contributed by atoms with Crippen LogP contribution < -0.4 is 5.32 Å². The predicted octanol–water partition coefficient (Wildman–Crippen LogP) is 3.07. The average Bonchev–Trinajstić information content (AvgIpc) is 2.89. The van der Waals surface area contributed by atoms with E-state index in [4.69, 9.17) is 16.3 Å². The lowest BCUT2D eigenvalue weighted by molar-refractivity contribution is 0.0602. The number of ether oxygens (including phenoxy) is 1. The predicted molar refractivity (Wildman–Crippen MR) is 70.9 cm³/mol. The van der Waals surface area contributed by atoms with Crippen molar-refractivity contribution in [3.8, 4) is 0 Å². The molecule has 0 spiro atoms. The van der Waals surface area contributed by atoms with Gasteiger partial charge in [-0.15, -0.1) is 0 Å². The molecule has 0 saturated carbocycles. The topological polar surface area (TPSA) is 54.1 Å². The van der Waals surface area contributed by atoms with E-state index in [-0.39, 0.29) is 0 Å². The summed E-state index contributed by atoms with van der Waals surface area (Å²) < 4.78 is 4.72. The fourth-order valence-electron chi connectivity index (χ4n) is 1.62. The Hall–Kier alpha value is -1.94. The smallest absolute Gasteiger partial charge is 0.340 e. The van der Waals surface area contributed by atoms with Gasteiger partial charge in [0.05, 0.1) is 19.2 Å². The lowest BCUT2D eigenvalue weighted by atomic mass is 10.1. The van der Waals surface area contributed by atoms with Crippen LogP contribution in [0.25, 0.3) is 0 Å². The van der Waals surface area contributed by atoms with Crippen LogP contribution in [0.3, 0.4) is 0 Å². The molecule has 0 saturated heterocycles. The summed E-state index contributed by atoms with van der Waals surface area (Å²) in [6.45, 7) is 0.596. The molecular weight excluding hydrogens is 252 g/mol. The zero-order chi connectivity index (χ0) is 13.0. The molecule has 18 heavy (non-hydrogen) atoms. The Morgan fingerprint density at radius 2 is 2.28 bits per heavy atom. The van der Waals surface area contributed by atoms with Gasteiger partial charge in [-0.05, 0) is 30.3 Å². The first-order chi connectivity index (χ1) is 8.70. The third-order valence-electron chi connectivity index (χ3n) is 2.52. The van der Waals surface area contributed by atoms with Crippen molar-refractivity contribution in [1.29, 1.82) is 0 Å². The van der Waals surface area contributed by atoms with E-state index in [1.807, 2.05) is 18.3 Å². The second kappa shape index (κ2) is 5.60. The van der Waals surface area contributed by atoms with Crippen LogP contribution in [0.5, 0.6) is 0 Å². The highest BCUT2D eigenvalue weighted by molar-refractivity contribution is 6.31. The van der Waals surface area contributed by atoms with Crippen molar-refractivity contribution in [3.63, 3.8) is 0 Å². The zero-order valence-electron chi connectivity index (χ0n) is 9.87. The molecule has 0 atom stereocenters. The standard InChI is InChI=1S/C13H13ClN2O2/c1-18-13(17)11-7-9(14)4-5-12(11)16-8-10-3-2-6-15-10/h2-7,15-16H,8H2,1H3. The molecule has 2 aromatic rings. The number of aromatic amines is 1. The van der Waals surface area contributed by atoms with E-state index in [0.29, 0.717) is 22.8 Å². The summed E-state index contributed by atoms with van der Waals surface area (Å²) in [5.41, 5.74) is 2.15. The molecule has 0 bridgehead atoms. The largest absolute Gasteiger partial charge is 0.465 e. The van der Waals surface area contributed by atoms with Gasteiger partial charge in [0.1, 0.15) is 0 Å². The van der Waals surface area contributed by atoms with Gasteiger partial charge in [-0.1, -0.05) is 11.6 Å². The third kappa shape index (κ3) is 2.84. The van der Waals surface area contributed by atoms with Crippen molar-refractivity contribution < 1.29 is 9.53 Å². The minimum absolute atomic E-state index is 0.411. The number of hydrogen-bond acceptors (Lipinski definition) is 3. The number of esters is 1. The first kappa shape index (κ1) is 12.5. The van der Waals surface area contributed by atoms with E-state index >= 15 is 0 Å². The Bertz CT molecular complexity index is 538. The molecule has 5 heteroatoms. The minimum atomic E-state index is -0.411. The number of carbonyl (C=O) groups excluding carboxylic acids is 1. The maximum atomic E-state index is 11.6. The summed E-state index contributed by atoms with van der Waals surface area (Å²) in [5, 5.41) is 3.67. The van der Waals surface area contributed by atoms with Gasteiger partial charge in [0.15, 0.2) is 0 Å². The quantitative estimate of drug-likeness (QED) is 0.835. The Kier molecular flexibility index (Phi) is 3.89. The third-order valence-corrected chi connectivity index (χ3v) is 2.75. The van der Waals surface area contributed by atoms with Crippen LogP contribution in [-0.4, -0.2) is 18.1 Å². The lowest BCUT2D eigenvalue weighted by Gasteiger charge is -2.10. The van der Waals surface area contributed by atoms with Crippen LogP contribution in [-0.2, 0) is 11.3 Å². The number of H-pyrrole nitrogens is 1. The fourth-order valence-corrected chi connectivity index (χ4v) is 1.79. The normalized spacial score (nSPS) is 10.1. The van der Waals surface area contributed by atoms with Crippen LogP contribution in [0.1, 0.15) is 16.1 Å². The van der Waals surface area contributed by atoms with Crippen molar-refractivity contribution >= 4 is 23.3 Å². The first-order valence-electron chi connectivity index (χ1n) is 5.44. The van der Waals surface area contributed by atoms with Gasteiger partial charge in [0.25, 0.3) is 0 Å². The summed E-state index contributed by atoms with van der Waals surface area (Å²) in [6, 6.07) is 8.95. The maximum Gasteiger partial charge on any atom is 0.340 e. The lowest BCUT2D eigenvalue weighted by Crippen LogP contribution is -2.08. The fraction of sp³-hybridized carbons (Fsp3) is 0.154. The van der Waals surface area contributed by atoms with Gasteiger partial charge in [-0.3, -0.25) is 0 Å². The van der Waals surface area contributed by atoms with Gasteiger partial charge >= 0.3 is 5.97 Å². The number of anilines is 1. The van der Waals surface area contributed by atoms with Crippen molar-refractivity contribution in [2.24, 2.45) is 0 Å². The first-order valence-corrected chi connectivity index (χ1v) is 5.82. The highest BCUT2D eigenvalue weighted by atomic mass is 35.5. The Morgan fingerprint density at radius 1 is 1.44 bits per heavy atom. The number of hydrogen-bond donors (Lipinski definition) is 2. The Balaban J connectivity index is 2.18. The monoisotopic (exact) mass is 264 g/mol. The van der Waals surface area contributed by atoms with Crippen LogP contribution in [0.2, 0.25) is 5.02 Å². The average molecular weight is 265 g/mol. The summed E-state index contributed by atoms with van der Waals surface area (Å²) in [7, 11) is 1.35. The number of rotatable bonds is 4. The van der Waals surface area contributed by atoms with Gasteiger partial charge in [-0.2, -0.15) is 0 Å². The van der Waals surface area contributed by atoms with Crippen molar-refractivity contribution in [1.82, 2.24) is 4.98 Å². The van der Waals surface area contributed by atoms with E-state index in [2.05, 4.69) is 10.3 Å². The molecule has 1 heterocycles. The molecular formula is C13H13ClN2O2. The molecule has 0 fully saturated rings. The summed E-state index contributed by atoms with van der Waals surface area (Å²) in [4.78, 5) is 14.7. The Labute approximate surface area is 110 Å². The second-order valence-electron chi connectivity index (χ2n) is 3.73. The highest BCUT2D eigenvalue weighted by Crippen LogP contribution is 2.22. The summed E-state index contributed by atoms with van der Waals surface area (Å²) >= 11 is 5.88. The molecule has 94 valence electrons. The van der Waals surface area contributed by atoms with E-state index in [1.54, 1.807) is 18.2 Å². The molecule has 1 aromatic heterocycles. The van der Waals surface area contributed by atoms with Crippen LogP contribution >= 0.6 is 11.6 Å². The number of methoxy groups -OCH3 is 1. The molecule has 0 aliphatic carbocycles. The van der Waals surface area contributed by atoms with Crippen molar-refractivity contribution in [3.05, 3.63) is 52.8 Å². The summed E-state index contributed by atoms with van der Waals surface area (Å²) in [5.74, 6) is -0.411. The minimum Gasteiger partial charge on any atom is -0.465 e.